The van der Waals surface area contributed by atoms with Crippen LogP contribution in [0.15, 0.2) is 48.5 Å². The molecule has 0 saturated carbocycles. The lowest BCUT2D eigenvalue weighted by molar-refractivity contribution is -0.151. The van der Waals surface area contributed by atoms with E-state index in [2.05, 4.69) is 10.7 Å². The van der Waals surface area contributed by atoms with Crippen molar-refractivity contribution in [1.82, 2.24) is 10.4 Å². The Labute approximate surface area is 178 Å². The number of halogens is 1. The average Bonchev–Trinajstić information content (AvgIpc) is 3.07. The van der Waals surface area contributed by atoms with E-state index in [-0.39, 0.29) is 13.0 Å². The summed E-state index contributed by atoms with van der Waals surface area (Å²) in [6.07, 6.45) is -0.108. The molecular weight excluding hydrogens is 410 g/mol. The van der Waals surface area contributed by atoms with Gasteiger partial charge in [0.05, 0.1) is 12.5 Å². The summed E-state index contributed by atoms with van der Waals surface area (Å²) < 4.78 is 5.02. The first-order valence-electron chi connectivity index (χ1n) is 9.22. The van der Waals surface area contributed by atoms with E-state index in [1.807, 2.05) is 6.07 Å². The highest BCUT2D eigenvalue weighted by molar-refractivity contribution is 6.30. The van der Waals surface area contributed by atoms with E-state index in [0.29, 0.717) is 16.3 Å². The van der Waals surface area contributed by atoms with Gasteiger partial charge in [-0.15, -0.1) is 0 Å². The molecule has 156 valence electrons. The van der Waals surface area contributed by atoms with Gasteiger partial charge in [0.15, 0.2) is 6.61 Å². The van der Waals surface area contributed by atoms with E-state index in [9.17, 15) is 19.2 Å². The van der Waals surface area contributed by atoms with E-state index >= 15 is 0 Å². The lowest BCUT2D eigenvalue weighted by Gasteiger charge is -2.18. The summed E-state index contributed by atoms with van der Waals surface area (Å²) in [5, 5.41) is 4.13. The number of rotatable bonds is 6. The minimum absolute atomic E-state index is 0.0226. The van der Waals surface area contributed by atoms with Gasteiger partial charge in [-0.1, -0.05) is 35.9 Å². The van der Waals surface area contributed by atoms with Crippen LogP contribution in [0.3, 0.4) is 0 Å². The van der Waals surface area contributed by atoms with Crippen LogP contribution in [0.2, 0.25) is 5.02 Å². The van der Waals surface area contributed by atoms with Gasteiger partial charge in [0.2, 0.25) is 5.91 Å². The molecule has 0 bridgehead atoms. The van der Waals surface area contributed by atoms with Crippen LogP contribution in [0.4, 0.5) is 5.69 Å². The van der Waals surface area contributed by atoms with Crippen LogP contribution < -0.4 is 10.7 Å². The van der Waals surface area contributed by atoms with Crippen molar-refractivity contribution in [3.8, 4) is 0 Å². The standard InChI is InChI=1S/C21H20ClN3O5/c1-13-5-2-3-8-17(13)20(28)24-25-11-14(9-19(25)27)21(29)30-12-18(26)23-16-7-4-6-15(22)10-16/h2-8,10,14H,9,11-12H2,1H3,(H,23,26)(H,24,28)/t14-/m0/s1. The molecule has 9 heteroatoms. The second-order valence-corrected chi connectivity index (χ2v) is 7.26. The molecular formula is C21H20ClN3O5. The van der Waals surface area contributed by atoms with Crippen molar-refractivity contribution in [2.45, 2.75) is 13.3 Å². The minimum atomic E-state index is -0.770. The number of benzene rings is 2. The van der Waals surface area contributed by atoms with Crippen molar-refractivity contribution in [3.05, 3.63) is 64.7 Å². The third-order valence-corrected chi connectivity index (χ3v) is 4.77. The first-order chi connectivity index (χ1) is 14.3. The zero-order valence-corrected chi connectivity index (χ0v) is 16.9. The smallest absolute Gasteiger partial charge is 0.311 e. The van der Waals surface area contributed by atoms with Crippen molar-refractivity contribution >= 4 is 41.0 Å². The molecule has 1 saturated heterocycles. The number of carbonyl (C=O) groups is 4. The molecule has 1 atom stereocenters. The van der Waals surface area contributed by atoms with Crippen LogP contribution in [0, 0.1) is 12.8 Å². The predicted molar refractivity (Wildman–Crippen MR) is 110 cm³/mol. The molecule has 0 radical (unpaired) electrons. The van der Waals surface area contributed by atoms with Crippen molar-refractivity contribution < 1.29 is 23.9 Å². The van der Waals surface area contributed by atoms with Crippen molar-refractivity contribution in [3.63, 3.8) is 0 Å². The van der Waals surface area contributed by atoms with Crippen LogP contribution >= 0.6 is 11.6 Å². The normalized spacial score (nSPS) is 15.6. The average molecular weight is 430 g/mol. The molecule has 3 rings (SSSR count). The van der Waals surface area contributed by atoms with Crippen LogP contribution in [0.1, 0.15) is 22.3 Å². The monoisotopic (exact) mass is 429 g/mol. The molecule has 1 aliphatic rings. The second kappa shape index (κ2) is 9.41. The molecule has 30 heavy (non-hydrogen) atoms. The maximum atomic E-state index is 12.4. The Bertz CT molecular complexity index is 994. The van der Waals surface area contributed by atoms with Gasteiger partial charge in [0, 0.05) is 22.7 Å². The second-order valence-electron chi connectivity index (χ2n) is 6.83. The number of hydrogen-bond donors (Lipinski definition) is 2. The van der Waals surface area contributed by atoms with Crippen molar-refractivity contribution in [2.75, 3.05) is 18.5 Å². The maximum absolute atomic E-state index is 12.4. The van der Waals surface area contributed by atoms with Gasteiger partial charge in [0.25, 0.3) is 11.8 Å². The molecule has 0 aromatic heterocycles. The number of carbonyl (C=O) groups excluding carboxylic acids is 4. The van der Waals surface area contributed by atoms with Crippen molar-refractivity contribution in [1.29, 1.82) is 0 Å². The third kappa shape index (κ3) is 5.36. The SMILES string of the molecule is Cc1ccccc1C(=O)NN1C[C@@H](C(=O)OCC(=O)Nc2cccc(Cl)c2)CC1=O. The number of anilines is 1. The molecule has 3 amide bonds. The fourth-order valence-corrected chi connectivity index (χ4v) is 3.19. The predicted octanol–water partition coefficient (Wildman–Crippen LogP) is 2.32. The Kier molecular flexibility index (Phi) is 6.68. The minimum Gasteiger partial charge on any atom is -0.455 e. The Balaban J connectivity index is 1.49. The number of amides is 3. The quantitative estimate of drug-likeness (QED) is 0.686. The van der Waals surface area contributed by atoms with E-state index in [0.717, 1.165) is 10.6 Å². The van der Waals surface area contributed by atoms with Crippen LogP contribution in [0.5, 0.6) is 0 Å². The fraction of sp³-hybridized carbons (Fsp3) is 0.238. The molecule has 2 aromatic rings. The lowest BCUT2D eigenvalue weighted by Crippen LogP contribution is -2.43. The topological polar surface area (TPSA) is 105 Å². The number of hydrogen-bond acceptors (Lipinski definition) is 5. The van der Waals surface area contributed by atoms with E-state index in [4.69, 9.17) is 16.3 Å². The summed E-state index contributed by atoms with van der Waals surface area (Å²) in [6, 6.07) is 13.5. The van der Waals surface area contributed by atoms with Crippen molar-refractivity contribution in [2.24, 2.45) is 5.92 Å². The van der Waals surface area contributed by atoms with Crippen LogP contribution in [-0.2, 0) is 19.1 Å². The Morgan fingerprint density at radius 2 is 1.93 bits per heavy atom. The highest BCUT2D eigenvalue weighted by atomic mass is 35.5. The van der Waals surface area contributed by atoms with Gasteiger partial charge in [-0.2, -0.15) is 0 Å². The van der Waals surface area contributed by atoms with Gasteiger partial charge in [-0.3, -0.25) is 29.6 Å². The molecule has 8 nitrogen and oxygen atoms in total. The fourth-order valence-electron chi connectivity index (χ4n) is 3.00. The molecule has 2 N–H and O–H groups in total. The number of nitrogens with zero attached hydrogens (tertiary/aromatic N) is 1. The molecule has 0 aliphatic carbocycles. The highest BCUT2D eigenvalue weighted by Crippen LogP contribution is 2.19. The highest BCUT2D eigenvalue weighted by Gasteiger charge is 2.36. The van der Waals surface area contributed by atoms with E-state index in [1.165, 1.54) is 0 Å². The Morgan fingerprint density at radius 1 is 1.17 bits per heavy atom. The third-order valence-electron chi connectivity index (χ3n) is 4.54. The van der Waals surface area contributed by atoms with E-state index in [1.54, 1.807) is 49.4 Å². The van der Waals surface area contributed by atoms with Gasteiger partial charge in [0.1, 0.15) is 0 Å². The molecule has 2 aromatic carbocycles. The Hall–Kier alpha value is -3.39. The van der Waals surface area contributed by atoms with Crippen LogP contribution in [0.25, 0.3) is 0 Å². The number of hydrazine groups is 1. The summed E-state index contributed by atoms with van der Waals surface area (Å²) in [5.41, 5.74) is 4.20. The zero-order valence-electron chi connectivity index (χ0n) is 16.2. The summed E-state index contributed by atoms with van der Waals surface area (Å²) in [6.45, 7) is 1.27. The van der Waals surface area contributed by atoms with Gasteiger partial charge in [-0.25, -0.2) is 0 Å². The summed E-state index contributed by atoms with van der Waals surface area (Å²) >= 11 is 5.85. The largest absolute Gasteiger partial charge is 0.455 e. The molecule has 0 spiro atoms. The first kappa shape index (κ1) is 21.3. The van der Waals surface area contributed by atoms with Gasteiger partial charge >= 0.3 is 5.97 Å². The number of ether oxygens (including phenoxy) is 1. The molecule has 1 aliphatic heterocycles. The maximum Gasteiger partial charge on any atom is 0.311 e. The molecule has 1 heterocycles. The Morgan fingerprint density at radius 3 is 2.67 bits per heavy atom. The summed E-state index contributed by atoms with van der Waals surface area (Å²) in [5.74, 6) is -2.82. The zero-order chi connectivity index (χ0) is 21.7. The molecule has 1 fully saturated rings. The summed E-state index contributed by atoms with van der Waals surface area (Å²) in [4.78, 5) is 48.7. The lowest BCUT2D eigenvalue weighted by atomic mass is 10.1. The summed E-state index contributed by atoms with van der Waals surface area (Å²) in [7, 11) is 0. The van der Waals surface area contributed by atoms with Gasteiger partial charge in [-0.05, 0) is 36.8 Å². The van der Waals surface area contributed by atoms with Crippen LogP contribution in [-0.4, -0.2) is 41.9 Å². The number of aryl methyl sites for hydroxylation is 1. The van der Waals surface area contributed by atoms with E-state index < -0.39 is 36.2 Å². The number of esters is 1. The number of nitrogens with one attached hydrogen (secondary N) is 2. The molecule has 0 unspecified atom stereocenters. The first-order valence-corrected chi connectivity index (χ1v) is 9.60. The van der Waals surface area contributed by atoms with Gasteiger partial charge < -0.3 is 10.1 Å².